The van der Waals surface area contributed by atoms with Gasteiger partial charge in [0.15, 0.2) is 16.3 Å². The average Bonchev–Trinajstić information content (AvgIpc) is 3.46. The van der Waals surface area contributed by atoms with Gasteiger partial charge >= 0.3 is 5.97 Å². The number of carbonyl (C=O) groups is 1. The minimum absolute atomic E-state index is 0.114. The molecule has 4 rings (SSSR count). The van der Waals surface area contributed by atoms with Gasteiger partial charge in [-0.15, -0.1) is 11.3 Å². The lowest BCUT2D eigenvalue weighted by molar-refractivity contribution is -0.140. The van der Waals surface area contributed by atoms with E-state index in [2.05, 4.69) is 4.99 Å². The minimum Gasteiger partial charge on any atom is -0.493 e. The summed E-state index contributed by atoms with van der Waals surface area (Å²) in [6.45, 7) is 2.16. The Morgan fingerprint density at radius 2 is 1.97 bits per heavy atom. The van der Waals surface area contributed by atoms with E-state index in [4.69, 9.17) is 18.9 Å². The maximum Gasteiger partial charge on any atom is 0.338 e. The summed E-state index contributed by atoms with van der Waals surface area (Å²) < 4.78 is 23.3. The van der Waals surface area contributed by atoms with Gasteiger partial charge in [0.1, 0.15) is 12.6 Å². The summed E-state index contributed by atoms with van der Waals surface area (Å²) in [7, 11) is 4.65. The molecule has 1 aliphatic rings. The fourth-order valence-electron chi connectivity index (χ4n) is 3.76. The molecule has 1 aromatic carbocycles. The van der Waals surface area contributed by atoms with E-state index in [-0.39, 0.29) is 18.8 Å². The van der Waals surface area contributed by atoms with Crippen molar-refractivity contribution in [2.45, 2.75) is 13.0 Å². The molecule has 0 spiro atoms. The molecule has 0 aliphatic carbocycles. The van der Waals surface area contributed by atoms with E-state index in [1.54, 1.807) is 37.9 Å². The third kappa shape index (κ3) is 4.44. The average molecular weight is 501 g/mol. The Balaban J connectivity index is 1.88. The van der Waals surface area contributed by atoms with Gasteiger partial charge in [-0.3, -0.25) is 9.36 Å². The summed E-state index contributed by atoms with van der Waals surface area (Å²) in [6, 6.07) is 8.63. The van der Waals surface area contributed by atoms with Gasteiger partial charge in [-0.25, -0.2) is 9.79 Å². The van der Waals surface area contributed by atoms with Crippen LogP contribution in [0.15, 0.2) is 56.8 Å². The largest absolute Gasteiger partial charge is 0.493 e. The van der Waals surface area contributed by atoms with Crippen molar-refractivity contribution in [1.82, 2.24) is 4.57 Å². The summed E-state index contributed by atoms with van der Waals surface area (Å²) in [6.07, 6.45) is 1.76. The highest BCUT2D eigenvalue weighted by Gasteiger charge is 2.34. The Morgan fingerprint density at radius 1 is 1.15 bits per heavy atom. The van der Waals surface area contributed by atoms with E-state index in [1.165, 1.54) is 29.8 Å². The normalized spacial score (nSPS) is 15.6. The van der Waals surface area contributed by atoms with Crippen molar-refractivity contribution in [3.05, 3.63) is 77.1 Å². The number of thiophene rings is 1. The smallest absolute Gasteiger partial charge is 0.338 e. The standard InChI is InChI=1S/C24H24N2O6S2/c1-14-19(23(28)32-11-10-29-2)20(17-9-6-12-33-17)26-22(27)18(34-24(26)25-14)13-15-7-5-8-16(30-3)21(15)31-4/h5-9,12-13,20H,10-11H2,1-4H3. The molecule has 178 valence electrons. The van der Waals surface area contributed by atoms with E-state index in [0.29, 0.717) is 37.7 Å². The number of nitrogens with zero attached hydrogens (tertiary/aromatic N) is 2. The molecule has 34 heavy (non-hydrogen) atoms. The van der Waals surface area contributed by atoms with Crippen LogP contribution in [0.5, 0.6) is 11.5 Å². The van der Waals surface area contributed by atoms with E-state index in [1.807, 2.05) is 29.6 Å². The number of rotatable bonds is 8. The van der Waals surface area contributed by atoms with Crippen molar-refractivity contribution in [3.63, 3.8) is 0 Å². The Labute approximate surface area is 204 Å². The molecular formula is C24H24N2O6S2. The molecule has 1 aliphatic heterocycles. The van der Waals surface area contributed by atoms with Crippen molar-refractivity contribution in [1.29, 1.82) is 0 Å². The topological polar surface area (TPSA) is 88.4 Å². The SMILES string of the molecule is COCCOC(=O)C1=C(C)N=c2sc(=Cc3cccc(OC)c3OC)c(=O)n2C1c1cccs1. The summed E-state index contributed by atoms with van der Waals surface area (Å²) >= 11 is 2.73. The number of hydrogen-bond donors (Lipinski definition) is 0. The maximum absolute atomic E-state index is 13.6. The first-order chi connectivity index (χ1) is 16.5. The fraction of sp³-hybridized carbons (Fsp3) is 0.292. The van der Waals surface area contributed by atoms with Crippen LogP contribution in [0.25, 0.3) is 6.08 Å². The van der Waals surface area contributed by atoms with Crippen LogP contribution in [0, 0.1) is 0 Å². The fourth-order valence-corrected chi connectivity index (χ4v) is 5.62. The van der Waals surface area contributed by atoms with E-state index in [9.17, 15) is 9.59 Å². The number of ether oxygens (including phenoxy) is 4. The van der Waals surface area contributed by atoms with Crippen molar-refractivity contribution >= 4 is 34.7 Å². The van der Waals surface area contributed by atoms with Crippen molar-refractivity contribution in [2.75, 3.05) is 34.5 Å². The molecular weight excluding hydrogens is 476 g/mol. The number of hydrogen-bond acceptors (Lipinski definition) is 9. The monoisotopic (exact) mass is 500 g/mol. The predicted molar refractivity (Wildman–Crippen MR) is 130 cm³/mol. The van der Waals surface area contributed by atoms with Gasteiger partial charge in [0, 0.05) is 17.6 Å². The molecule has 0 bridgehead atoms. The van der Waals surface area contributed by atoms with Gasteiger partial charge in [-0.05, 0) is 30.5 Å². The Bertz CT molecular complexity index is 1400. The zero-order chi connectivity index (χ0) is 24.2. The van der Waals surface area contributed by atoms with Crippen LogP contribution < -0.4 is 24.4 Å². The lowest BCUT2D eigenvalue weighted by Gasteiger charge is -2.23. The molecule has 0 saturated carbocycles. The molecule has 3 heterocycles. The van der Waals surface area contributed by atoms with Crippen LogP contribution in [0.4, 0.5) is 0 Å². The number of benzene rings is 1. The molecule has 10 heteroatoms. The third-order valence-electron chi connectivity index (χ3n) is 5.29. The van der Waals surface area contributed by atoms with Crippen molar-refractivity contribution in [3.8, 4) is 11.5 Å². The molecule has 0 N–H and O–H groups in total. The van der Waals surface area contributed by atoms with Crippen molar-refractivity contribution in [2.24, 2.45) is 4.99 Å². The lowest BCUT2D eigenvalue weighted by Crippen LogP contribution is -2.39. The van der Waals surface area contributed by atoms with Gasteiger partial charge in [-0.2, -0.15) is 0 Å². The van der Waals surface area contributed by atoms with Gasteiger partial charge in [-0.1, -0.05) is 29.5 Å². The highest BCUT2D eigenvalue weighted by Crippen LogP contribution is 2.33. The second kappa shape index (κ2) is 10.4. The Kier molecular flexibility index (Phi) is 7.30. The minimum atomic E-state index is -0.624. The van der Waals surface area contributed by atoms with Gasteiger partial charge in [0.25, 0.3) is 5.56 Å². The number of fused-ring (bicyclic) bond motifs is 1. The highest BCUT2D eigenvalue weighted by molar-refractivity contribution is 7.10. The summed E-state index contributed by atoms with van der Waals surface area (Å²) in [5, 5.41) is 1.91. The van der Waals surface area contributed by atoms with Crippen LogP contribution in [0.1, 0.15) is 23.4 Å². The second-order valence-electron chi connectivity index (χ2n) is 7.31. The highest BCUT2D eigenvalue weighted by atomic mass is 32.1. The van der Waals surface area contributed by atoms with Crippen molar-refractivity contribution < 1.29 is 23.7 Å². The first kappa shape index (κ1) is 23.9. The number of para-hydroxylation sites is 1. The summed E-state index contributed by atoms with van der Waals surface area (Å²) in [5.74, 6) is 0.585. The molecule has 0 amide bonds. The number of thiazole rings is 1. The van der Waals surface area contributed by atoms with Crippen LogP contribution in [-0.4, -0.2) is 45.1 Å². The predicted octanol–water partition coefficient (Wildman–Crippen LogP) is 2.50. The van der Waals surface area contributed by atoms with E-state index < -0.39 is 12.0 Å². The second-order valence-corrected chi connectivity index (χ2v) is 9.30. The first-order valence-corrected chi connectivity index (χ1v) is 12.1. The van der Waals surface area contributed by atoms with Gasteiger partial charge in [0.05, 0.1) is 36.6 Å². The van der Waals surface area contributed by atoms with E-state index >= 15 is 0 Å². The molecule has 0 radical (unpaired) electrons. The Morgan fingerprint density at radius 3 is 2.65 bits per heavy atom. The summed E-state index contributed by atoms with van der Waals surface area (Å²) in [5.41, 5.74) is 1.32. The number of allylic oxidation sites excluding steroid dienone is 1. The number of carbonyl (C=O) groups excluding carboxylic acids is 1. The molecule has 8 nitrogen and oxygen atoms in total. The number of aromatic nitrogens is 1. The molecule has 0 fully saturated rings. The number of esters is 1. The molecule has 3 aromatic rings. The Hall–Kier alpha value is -3.21. The van der Waals surface area contributed by atoms with E-state index in [0.717, 1.165) is 4.88 Å². The van der Waals surface area contributed by atoms with Crippen LogP contribution in [0.3, 0.4) is 0 Å². The van der Waals surface area contributed by atoms with Gasteiger partial charge < -0.3 is 18.9 Å². The molecule has 0 saturated heterocycles. The molecule has 2 aromatic heterocycles. The zero-order valence-corrected chi connectivity index (χ0v) is 20.8. The molecule has 1 unspecified atom stereocenters. The van der Waals surface area contributed by atoms with Gasteiger partial charge in [0.2, 0.25) is 0 Å². The summed E-state index contributed by atoms with van der Waals surface area (Å²) in [4.78, 5) is 32.6. The van der Waals surface area contributed by atoms with Crippen LogP contribution in [-0.2, 0) is 14.3 Å². The number of methoxy groups -OCH3 is 3. The third-order valence-corrected chi connectivity index (χ3v) is 7.20. The zero-order valence-electron chi connectivity index (χ0n) is 19.2. The molecule has 1 atom stereocenters. The van der Waals surface area contributed by atoms with Crippen LogP contribution in [0.2, 0.25) is 0 Å². The lowest BCUT2D eigenvalue weighted by atomic mass is 10.0. The van der Waals surface area contributed by atoms with Crippen LogP contribution >= 0.6 is 22.7 Å². The quantitative estimate of drug-likeness (QED) is 0.349. The maximum atomic E-state index is 13.6. The first-order valence-electron chi connectivity index (χ1n) is 10.4.